The monoisotopic (exact) mass is 841 g/mol. The summed E-state index contributed by atoms with van der Waals surface area (Å²) < 4.78 is 28.5. The van der Waals surface area contributed by atoms with E-state index in [1.807, 2.05) is 24.3 Å². The molecule has 3 aromatic carbocycles. The Labute approximate surface area is 355 Å². The number of nitrogens with zero attached hydrogens (tertiary/aromatic N) is 2. The van der Waals surface area contributed by atoms with E-state index in [1.165, 1.54) is 22.4 Å². The largest absolute Gasteiger partial charge is 0.494 e. The number of aromatic nitrogens is 1. The minimum absolute atomic E-state index is 0.0693. The summed E-state index contributed by atoms with van der Waals surface area (Å²) in [6.45, 7) is 6.84. The van der Waals surface area contributed by atoms with Gasteiger partial charge in [0.25, 0.3) is 6.47 Å². The van der Waals surface area contributed by atoms with Crippen molar-refractivity contribution >= 4 is 57.0 Å². The molecule has 1 aliphatic rings. The molecular formula is C46H55N3O10S. The van der Waals surface area contributed by atoms with Gasteiger partial charge in [-0.05, 0) is 112 Å². The molecule has 0 radical (unpaired) electrons. The van der Waals surface area contributed by atoms with Gasteiger partial charge in [-0.25, -0.2) is 20.2 Å². The molecule has 0 saturated heterocycles. The maximum absolute atomic E-state index is 13.6. The highest BCUT2D eigenvalue weighted by Gasteiger charge is 2.33. The summed E-state index contributed by atoms with van der Waals surface area (Å²) in [5.74, 6) is -0.494. The summed E-state index contributed by atoms with van der Waals surface area (Å²) in [6, 6.07) is 19.3. The van der Waals surface area contributed by atoms with Gasteiger partial charge in [0.15, 0.2) is 0 Å². The number of thiazole rings is 1. The lowest BCUT2D eigenvalue weighted by Gasteiger charge is -2.26. The number of hydrazine groups is 1. The first-order valence-electron chi connectivity index (χ1n) is 20.9. The van der Waals surface area contributed by atoms with Crippen LogP contribution in [0.15, 0.2) is 79.4 Å². The lowest BCUT2D eigenvalue weighted by Crippen LogP contribution is -2.42. The molecule has 1 amide bonds. The van der Waals surface area contributed by atoms with Gasteiger partial charge in [-0.2, -0.15) is 0 Å². The molecular weight excluding hydrogens is 787 g/mol. The summed E-state index contributed by atoms with van der Waals surface area (Å²) in [7, 11) is 0. The van der Waals surface area contributed by atoms with Crippen molar-refractivity contribution in [1.29, 1.82) is 0 Å². The maximum Gasteiger partial charge on any atom is 0.330 e. The van der Waals surface area contributed by atoms with Crippen LogP contribution < -0.4 is 29.4 Å². The second kappa shape index (κ2) is 24.5. The third-order valence-electron chi connectivity index (χ3n) is 10.2. The number of anilines is 1. The summed E-state index contributed by atoms with van der Waals surface area (Å²) in [5, 5.41) is 1.96. The van der Waals surface area contributed by atoms with Crippen LogP contribution in [0.5, 0.6) is 23.0 Å². The Bertz CT molecular complexity index is 1990. The average Bonchev–Trinajstić information content (AvgIpc) is 3.70. The van der Waals surface area contributed by atoms with Crippen molar-refractivity contribution in [2.24, 2.45) is 11.8 Å². The highest BCUT2D eigenvalue weighted by Crippen LogP contribution is 2.34. The number of hydrogen-bond donors (Lipinski definition) is 1. The van der Waals surface area contributed by atoms with Crippen LogP contribution in [0.1, 0.15) is 102 Å². The Kier molecular flexibility index (Phi) is 18.6. The molecule has 0 atom stereocenters. The van der Waals surface area contributed by atoms with Gasteiger partial charge < -0.3 is 23.7 Å². The zero-order valence-electron chi connectivity index (χ0n) is 34.3. The fourth-order valence-corrected chi connectivity index (χ4v) is 7.80. The lowest BCUT2D eigenvalue weighted by atomic mass is 9.82. The minimum atomic E-state index is -0.430. The lowest BCUT2D eigenvalue weighted by molar-refractivity contribution is -0.145. The van der Waals surface area contributed by atoms with E-state index < -0.39 is 17.9 Å². The quantitative estimate of drug-likeness (QED) is 0.0169. The van der Waals surface area contributed by atoms with E-state index in [0.29, 0.717) is 74.0 Å². The third kappa shape index (κ3) is 14.3. The Morgan fingerprint density at radius 3 is 2.15 bits per heavy atom. The number of carbonyl (C=O) groups excluding carboxylic acids is 5. The van der Waals surface area contributed by atoms with Crippen molar-refractivity contribution < 1.29 is 47.7 Å². The predicted octanol–water partition coefficient (Wildman–Crippen LogP) is 9.22. The summed E-state index contributed by atoms with van der Waals surface area (Å²) in [4.78, 5) is 67.2. The van der Waals surface area contributed by atoms with Crippen LogP contribution in [0.4, 0.5) is 5.13 Å². The molecule has 1 N–H and O–H groups in total. The maximum atomic E-state index is 13.6. The standard InChI is InChI=1S/C46H55N3O10S/c1-3-5-6-7-10-17-42(51)49(46-48-39-15-11-12-16-41(39)60-46)47-31-35-30-38(57-32-50)26-27-40(35)59-45(54)34-20-18-33(19-21-34)44(53)58-37-24-22-36(23-25-37)55-28-13-8-9-14-29-56-43(52)4-2/h4,11-12,15-16,22-27,30,32-34,47H,2-3,5-10,13-14,17-21,28-29,31H2,1H3. The van der Waals surface area contributed by atoms with Gasteiger partial charge in [-0.1, -0.05) is 62.7 Å². The van der Waals surface area contributed by atoms with Gasteiger partial charge >= 0.3 is 17.9 Å². The molecule has 14 heteroatoms. The molecule has 5 rings (SSSR count). The van der Waals surface area contributed by atoms with Crippen molar-refractivity contribution in [2.45, 2.75) is 103 Å². The van der Waals surface area contributed by atoms with Crippen LogP contribution in [0.3, 0.4) is 0 Å². The first-order valence-corrected chi connectivity index (χ1v) is 21.7. The van der Waals surface area contributed by atoms with Gasteiger partial charge in [0.05, 0.1) is 35.3 Å². The van der Waals surface area contributed by atoms with Gasteiger partial charge in [0, 0.05) is 24.6 Å². The molecule has 320 valence electrons. The number of fused-ring (bicyclic) bond motifs is 1. The molecule has 60 heavy (non-hydrogen) atoms. The van der Waals surface area contributed by atoms with Crippen LogP contribution in [0.2, 0.25) is 0 Å². The molecule has 0 spiro atoms. The number of ether oxygens (including phenoxy) is 5. The number of unbranched alkanes of at least 4 members (excludes halogenated alkanes) is 7. The number of para-hydroxylation sites is 1. The third-order valence-corrected chi connectivity index (χ3v) is 11.2. The van der Waals surface area contributed by atoms with Crippen LogP contribution in [-0.2, 0) is 35.3 Å². The van der Waals surface area contributed by atoms with Crippen LogP contribution in [0, 0.1) is 11.8 Å². The summed E-state index contributed by atoms with van der Waals surface area (Å²) in [5.41, 5.74) is 4.49. The summed E-state index contributed by atoms with van der Waals surface area (Å²) >= 11 is 1.40. The number of amides is 1. The first kappa shape index (κ1) is 45.5. The second-order valence-electron chi connectivity index (χ2n) is 14.7. The SMILES string of the molecule is C=CC(=O)OCCCCCCOc1ccc(OC(=O)C2CCC(C(=O)Oc3ccc(OC=O)cc3CNN(C(=O)CCCCCCC)c3nc4ccccc4s3)CC2)cc1. The first-order chi connectivity index (χ1) is 29.3. The Morgan fingerprint density at radius 1 is 0.800 bits per heavy atom. The van der Waals surface area contributed by atoms with Crippen molar-refractivity contribution in [1.82, 2.24) is 10.4 Å². The van der Waals surface area contributed by atoms with Gasteiger partial charge in [0.1, 0.15) is 23.0 Å². The number of carbonyl (C=O) groups is 5. The van der Waals surface area contributed by atoms with Crippen molar-refractivity contribution in [3.05, 3.63) is 84.9 Å². The van der Waals surface area contributed by atoms with E-state index in [9.17, 15) is 24.0 Å². The molecule has 1 heterocycles. The van der Waals surface area contributed by atoms with E-state index in [1.54, 1.807) is 36.4 Å². The van der Waals surface area contributed by atoms with Crippen LogP contribution >= 0.6 is 11.3 Å². The van der Waals surface area contributed by atoms with Gasteiger partial charge in [-0.3, -0.25) is 19.2 Å². The van der Waals surface area contributed by atoms with Crippen molar-refractivity contribution in [3.8, 4) is 23.0 Å². The Hall–Kier alpha value is -5.60. The molecule has 0 bridgehead atoms. The zero-order valence-corrected chi connectivity index (χ0v) is 35.1. The number of benzene rings is 3. The molecule has 0 aliphatic heterocycles. The summed E-state index contributed by atoms with van der Waals surface area (Å²) in [6.07, 6.45) is 11.8. The van der Waals surface area contributed by atoms with Crippen molar-refractivity contribution in [2.75, 3.05) is 18.2 Å². The average molecular weight is 842 g/mol. The molecule has 13 nitrogen and oxygen atoms in total. The van der Waals surface area contributed by atoms with E-state index in [0.717, 1.165) is 74.1 Å². The van der Waals surface area contributed by atoms with E-state index in [4.69, 9.17) is 28.7 Å². The van der Waals surface area contributed by atoms with Gasteiger partial charge in [0.2, 0.25) is 11.0 Å². The van der Waals surface area contributed by atoms with Gasteiger partial charge in [-0.15, -0.1) is 0 Å². The molecule has 1 saturated carbocycles. The molecule has 1 aliphatic carbocycles. The number of rotatable bonds is 25. The molecule has 4 aromatic rings. The molecule has 1 aromatic heterocycles. The van der Waals surface area contributed by atoms with Crippen LogP contribution in [0.25, 0.3) is 10.2 Å². The van der Waals surface area contributed by atoms with Crippen LogP contribution in [-0.4, -0.2) is 48.5 Å². The van der Waals surface area contributed by atoms with Crippen molar-refractivity contribution in [3.63, 3.8) is 0 Å². The highest BCUT2D eigenvalue weighted by atomic mass is 32.1. The fraction of sp³-hybridized carbons (Fsp3) is 0.435. The normalized spacial score (nSPS) is 14.8. The Morgan fingerprint density at radius 2 is 1.45 bits per heavy atom. The van der Waals surface area contributed by atoms with E-state index in [2.05, 4.69) is 18.9 Å². The smallest absolute Gasteiger partial charge is 0.330 e. The second-order valence-corrected chi connectivity index (χ2v) is 15.7. The number of esters is 3. The zero-order chi connectivity index (χ0) is 42.5. The minimum Gasteiger partial charge on any atom is -0.494 e. The fourth-order valence-electron chi connectivity index (χ4n) is 6.84. The topological polar surface area (TPSA) is 160 Å². The highest BCUT2D eigenvalue weighted by molar-refractivity contribution is 7.22. The van der Waals surface area contributed by atoms with E-state index in [-0.39, 0.29) is 35.8 Å². The number of hydrogen-bond acceptors (Lipinski definition) is 13. The Balaban J connectivity index is 1.11. The molecule has 0 unspecified atom stereocenters. The van der Waals surface area contributed by atoms with E-state index >= 15 is 0 Å². The number of nitrogens with one attached hydrogen (secondary N) is 1. The molecule has 1 fully saturated rings. The predicted molar refractivity (Wildman–Crippen MR) is 229 cm³/mol.